The number of nitrogens with zero attached hydrogens (tertiary/aromatic N) is 1. The van der Waals surface area contributed by atoms with Crippen molar-refractivity contribution >= 4 is 35.6 Å². The lowest BCUT2D eigenvalue weighted by atomic mass is 10.2. The van der Waals surface area contributed by atoms with E-state index >= 15 is 0 Å². The van der Waals surface area contributed by atoms with Gasteiger partial charge in [-0.3, -0.25) is 0 Å². The molecule has 1 aromatic heterocycles. The van der Waals surface area contributed by atoms with Crippen LogP contribution in [0.1, 0.15) is 4.88 Å². The van der Waals surface area contributed by atoms with E-state index in [2.05, 4.69) is 17.6 Å². The van der Waals surface area contributed by atoms with E-state index in [-0.39, 0.29) is 0 Å². The SMILES string of the molecule is SCc1cnc(-c2ccccc2Cl)s1. The topological polar surface area (TPSA) is 12.9 Å². The van der Waals surface area contributed by atoms with Gasteiger partial charge >= 0.3 is 0 Å². The molecule has 0 radical (unpaired) electrons. The van der Waals surface area contributed by atoms with Gasteiger partial charge in [0.25, 0.3) is 0 Å². The molecule has 2 rings (SSSR count). The van der Waals surface area contributed by atoms with Crippen molar-refractivity contribution in [1.29, 1.82) is 0 Å². The molecular formula is C10H8ClNS2. The Balaban J connectivity index is 2.44. The van der Waals surface area contributed by atoms with E-state index < -0.39 is 0 Å². The van der Waals surface area contributed by atoms with Crippen molar-refractivity contribution in [3.8, 4) is 10.6 Å². The minimum atomic E-state index is 0.724. The van der Waals surface area contributed by atoms with E-state index in [1.54, 1.807) is 11.3 Å². The Labute approximate surface area is 97.2 Å². The highest BCUT2D eigenvalue weighted by Crippen LogP contribution is 2.31. The predicted octanol–water partition coefficient (Wildman–Crippen LogP) is 3.89. The summed E-state index contributed by atoms with van der Waals surface area (Å²) in [7, 11) is 0. The van der Waals surface area contributed by atoms with Gasteiger partial charge in [-0.15, -0.1) is 11.3 Å². The first-order valence-electron chi connectivity index (χ1n) is 4.11. The molecule has 0 saturated carbocycles. The molecule has 0 unspecified atom stereocenters. The van der Waals surface area contributed by atoms with Crippen molar-refractivity contribution in [2.45, 2.75) is 5.75 Å². The quantitative estimate of drug-likeness (QED) is 0.787. The van der Waals surface area contributed by atoms with E-state index in [9.17, 15) is 0 Å². The van der Waals surface area contributed by atoms with Crippen molar-refractivity contribution in [1.82, 2.24) is 4.98 Å². The average molecular weight is 242 g/mol. The van der Waals surface area contributed by atoms with Crippen LogP contribution in [0, 0.1) is 0 Å². The highest BCUT2D eigenvalue weighted by molar-refractivity contribution is 7.79. The zero-order valence-electron chi connectivity index (χ0n) is 7.27. The molecule has 0 aliphatic heterocycles. The van der Waals surface area contributed by atoms with Gasteiger partial charge < -0.3 is 0 Å². The zero-order chi connectivity index (χ0) is 9.97. The molecule has 0 spiro atoms. The van der Waals surface area contributed by atoms with Gasteiger partial charge in [0.05, 0.1) is 5.02 Å². The van der Waals surface area contributed by atoms with Crippen LogP contribution < -0.4 is 0 Å². The molecule has 2 aromatic rings. The third-order valence-corrected chi connectivity index (χ3v) is 3.73. The number of halogens is 1. The second-order valence-electron chi connectivity index (χ2n) is 2.77. The standard InChI is InChI=1S/C10H8ClNS2/c11-9-4-2-1-3-8(9)10-12-5-7(6-13)14-10/h1-5,13H,6H2. The van der Waals surface area contributed by atoms with Crippen LogP contribution >= 0.6 is 35.6 Å². The number of thiazole rings is 1. The summed E-state index contributed by atoms with van der Waals surface area (Å²) in [5.41, 5.74) is 0.993. The molecule has 1 heterocycles. The first kappa shape index (κ1) is 10.0. The Bertz CT molecular complexity index is 439. The summed E-state index contributed by atoms with van der Waals surface area (Å²) < 4.78 is 0. The summed E-state index contributed by atoms with van der Waals surface area (Å²) in [5.74, 6) is 0.724. The number of rotatable bonds is 2. The second kappa shape index (κ2) is 4.34. The summed E-state index contributed by atoms with van der Waals surface area (Å²) in [6, 6.07) is 7.73. The van der Waals surface area contributed by atoms with E-state index in [4.69, 9.17) is 11.6 Å². The number of benzene rings is 1. The highest BCUT2D eigenvalue weighted by Gasteiger charge is 2.06. The lowest BCUT2D eigenvalue weighted by Crippen LogP contribution is -1.75. The van der Waals surface area contributed by atoms with Crippen molar-refractivity contribution in [2.24, 2.45) is 0 Å². The van der Waals surface area contributed by atoms with Crippen LogP contribution in [0.5, 0.6) is 0 Å². The summed E-state index contributed by atoms with van der Waals surface area (Å²) in [4.78, 5) is 5.46. The van der Waals surface area contributed by atoms with E-state index in [1.165, 1.54) is 0 Å². The van der Waals surface area contributed by atoms with Gasteiger partial charge in [0.1, 0.15) is 5.01 Å². The largest absolute Gasteiger partial charge is 0.244 e. The monoisotopic (exact) mass is 241 g/mol. The summed E-state index contributed by atoms with van der Waals surface area (Å²) in [5, 5.41) is 1.70. The molecule has 1 nitrogen and oxygen atoms in total. The van der Waals surface area contributed by atoms with Crippen LogP contribution in [0.3, 0.4) is 0 Å². The minimum absolute atomic E-state index is 0.724. The van der Waals surface area contributed by atoms with Crippen LogP contribution in [0.25, 0.3) is 10.6 Å². The van der Waals surface area contributed by atoms with Crippen LogP contribution in [-0.4, -0.2) is 4.98 Å². The molecule has 0 amide bonds. The lowest BCUT2D eigenvalue weighted by Gasteiger charge is -1.97. The van der Waals surface area contributed by atoms with Crippen molar-refractivity contribution in [3.05, 3.63) is 40.4 Å². The van der Waals surface area contributed by atoms with Crippen molar-refractivity contribution in [2.75, 3.05) is 0 Å². The number of hydrogen-bond acceptors (Lipinski definition) is 3. The molecule has 0 aliphatic carbocycles. The van der Waals surface area contributed by atoms with E-state index in [1.807, 2.05) is 30.5 Å². The molecule has 0 aliphatic rings. The molecule has 14 heavy (non-hydrogen) atoms. The van der Waals surface area contributed by atoms with Gasteiger partial charge in [-0.25, -0.2) is 4.98 Å². The molecule has 4 heteroatoms. The fourth-order valence-electron chi connectivity index (χ4n) is 1.14. The van der Waals surface area contributed by atoms with Gasteiger partial charge in [-0.1, -0.05) is 29.8 Å². The average Bonchev–Trinajstić information content (AvgIpc) is 2.67. The van der Waals surface area contributed by atoms with Crippen LogP contribution in [0.4, 0.5) is 0 Å². The minimum Gasteiger partial charge on any atom is -0.244 e. The fraction of sp³-hybridized carbons (Fsp3) is 0.100. The summed E-state index contributed by atoms with van der Waals surface area (Å²) in [6.45, 7) is 0. The Morgan fingerprint density at radius 2 is 2.14 bits per heavy atom. The zero-order valence-corrected chi connectivity index (χ0v) is 9.74. The van der Waals surface area contributed by atoms with Crippen LogP contribution in [0.15, 0.2) is 30.5 Å². The maximum absolute atomic E-state index is 6.06. The molecule has 0 fully saturated rings. The molecular weight excluding hydrogens is 234 g/mol. The van der Waals surface area contributed by atoms with Gasteiger partial charge in [0.2, 0.25) is 0 Å². The Morgan fingerprint density at radius 1 is 1.36 bits per heavy atom. The maximum atomic E-state index is 6.06. The molecule has 0 bridgehead atoms. The molecule has 72 valence electrons. The third-order valence-electron chi connectivity index (χ3n) is 1.81. The van der Waals surface area contributed by atoms with Crippen LogP contribution in [0.2, 0.25) is 5.02 Å². The molecule has 0 saturated heterocycles. The molecule has 0 N–H and O–H groups in total. The smallest absolute Gasteiger partial charge is 0.125 e. The maximum Gasteiger partial charge on any atom is 0.125 e. The number of hydrogen-bond donors (Lipinski definition) is 1. The Morgan fingerprint density at radius 3 is 2.79 bits per heavy atom. The van der Waals surface area contributed by atoms with Crippen molar-refractivity contribution in [3.63, 3.8) is 0 Å². The van der Waals surface area contributed by atoms with Gasteiger partial charge in [-0.05, 0) is 6.07 Å². The Hall–Kier alpha value is -0.510. The van der Waals surface area contributed by atoms with Gasteiger partial charge in [-0.2, -0.15) is 12.6 Å². The lowest BCUT2D eigenvalue weighted by molar-refractivity contribution is 1.37. The Kier molecular flexibility index (Phi) is 3.11. The number of thiol groups is 1. The third kappa shape index (κ3) is 1.95. The number of aromatic nitrogens is 1. The second-order valence-corrected chi connectivity index (χ2v) is 4.61. The van der Waals surface area contributed by atoms with Gasteiger partial charge in [0, 0.05) is 22.4 Å². The first-order chi connectivity index (χ1) is 6.81. The van der Waals surface area contributed by atoms with Gasteiger partial charge in [0.15, 0.2) is 0 Å². The summed E-state index contributed by atoms with van der Waals surface area (Å²) >= 11 is 11.9. The van der Waals surface area contributed by atoms with E-state index in [0.717, 1.165) is 26.2 Å². The first-order valence-corrected chi connectivity index (χ1v) is 5.94. The highest BCUT2D eigenvalue weighted by atomic mass is 35.5. The summed E-state index contributed by atoms with van der Waals surface area (Å²) in [6.07, 6.45) is 1.84. The van der Waals surface area contributed by atoms with Crippen molar-refractivity contribution < 1.29 is 0 Å². The molecule has 0 atom stereocenters. The molecule has 1 aromatic carbocycles. The fourth-order valence-corrected chi connectivity index (χ4v) is 2.51. The normalized spacial score (nSPS) is 10.4. The van der Waals surface area contributed by atoms with E-state index in [0.29, 0.717) is 0 Å². The predicted molar refractivity (Wildman–Crippen MR) is 65.3 cm³/mol. The van der Waals surface area contributed by atoms with Crippen LogP contribution in [-0.2, 0) is 5.75 Å².